The summed E-state index contributed by atoms with van der Waals surface area (Å²) in [5, 5.41) is 8.35. The first-order chi connectivity index (χ1) is 12.4. The lowest BCUT2D eigenvalue weighted by molar-refractivity contribution is -0.127. The van der Waals surface area contributed by atoms with Gasteiger partial charge in [-0.25, -0.2) is 0 Å². The third-order valence-corrected chi connectivity index (χ3v) is 5.11. The van der Waals surface area contributed by atoms with Crippen LogP contribution in [0.4, 0.5) is 0 Å². The maximum Gasteiger partial charge on any atom is 0.277 e. The second kappa shape index (κ2) is 8.12. The van der Waals surface area contributed by atoms with Crippen LogP contribution < -0.4 is 4.74 Å². The van der Waals surface area contributed by atoms with Crippen molar-refractivity contribution in [1.82, 2.24) is 15.1 Å². The Morgan fingerprint density at radius 2 is 1.88 bits per heavy atom. The van der Waals surface area contributed by atoms with Crippen LogP contribution in [0.25, 0.3) is 0 Å². The normalized spacial score (nSPS) is 14.7. The molecule has 6 nitrogen and oxygen atoms in total. The van der Waals surface area contributed by atoms with E-state index in [9.17, 15) is 4.79 Å². The van der Waals surface area contributed by atoms with Gasteiger partial charge in [-0.3, -0.25) is 4.79 Å². The zero-order valence-electron chi connectivity index (χ0n) is 15.5. The Balaban J connectivity index is 1.47. The lowest BCUT2D eigenvalue weighted by Gasteiger charge is -2.19. The summed E-state index contributed by atoms with van der Waals surface area (Å²) in [6.45, 7) is 8.45. The molecule has 3 rings (SSSR count). The van der Waals surface area contributed by atoms with Crippen molar-refractivity contribution in [2.75, 3.05) is 18.8 Å². The van der Waals surface area contributed by atoms with E-state index in [1.54, 1.807) is 0 Å². The molecule has 0 N–H and O–H groups in total. The largest absolute Gasteiger partial charge is 0.484 e. The van der Waals surface area contributed by atoms with Gasteiger partial charge in [0, 0.05) is 13.1 Å². The van der Waals surface area contributed by atoms with E-state index in [1.807, 2.05) is 17.0 Å². The predicted molar refractivity (Wildman–Crippen MR) is 100 cm³/mol. The predicted octanol–water partition coefficient (Wildman–Crippen LogP) is 3.66. The Hall–Kier alpha value is -2.02. The van der Waals surface area contributed by atoms with Gasteiger partial charge >= 0.3 is 0 Å². The molecule has 1 aliphatic rings. The Morgan fingerprint density at radius 1 is 1.19 bits per heavy atom. The highest BCUT2D eigenvalue weighted by Crippen LogP contribution is 2.25. The monoisotopic (exact) mass is 375 g/mol. The molecular weight excluding hydrogens is 350 g/mol. The molecule has 7 heteroatoms. The van der Waals surface area contributed by atoms with Gasteiger partial charge in [0.15, 0.2) is 6.61 Å². The fourth-order valence-corrected chi connectivity index (χ4v) is 3.42. The van der Waals surface area contributed by atoms with Crippen molar-refractivity contribution < 1.29 is 13.9 Å². The number of amides is 1. The molecule has 2 heterocycles. The molecule has 140 valence electrons. The van der Waals surface area contributed by atoms with E-state index in [1.165, 1.54) is 17.3 Å². The number of thioether (sulfide) groups is 1. The number of benzene rings is 1. The SMILES string of the molecule is CC(C)(C)c1ccc(OCc2nnc(SCC(=O)N3CCCC3)o2)cc1. The average molecular weight is 375 g/mol. The highest BCUT2D eigenvalue weighted by molar-refractivity contribution is 7.99. The minimum absolute atomic E-state index is 0.115. The van der Waals surface area contributed by atoms with E-state index in [0.717, 1.165) is 31.7 Å². The second-order valence-corrected chi connectivity index (χ2v) is 8.33. The lowest BCUT2D eigenvalue weighted by Crippen LogP contribution is -2.29. The van der Waals surface area contributed by atoms with Crippen LogP contribution in [-0.4, -0.2) is 39.8 Å². The van der Waals surface area contributed by atoms with Gasteiger partial charge in [0.25, 0.3) is 11.1 Å². The standard InChI is InChI=1S/C19H25N3O3S/c1-19(2,3)14-6-8-15(9-7-14)24-12-16-20-21-18(25-16)26-13-17(23)22-10-4-5-11-22/h6-9H,4-5,10-13H2,1-3H3. The van der Waals surface area contributed by atoms with Gasteiger partial charge in [0.2, 0.25) is 5.91 Å². The van der Waals surface area contributed by atoms with E-state index in [0.29, 0.717) is 16.9 Å². The van der Waals surface area contributed by atoms with Crippen molar-refractivity contribution in [2.24, 2.45) is 0 Å². The third kappa shape index (κ3) is 5.00. The topological polar surface area (TPSA) is 68.5 Å². The summed E-state index contributed by atoms with van der Waals surface area (Å²) in [5.74, 6) is 1.62. The molecule has 0 bridgehead atoms. The van der Waals surface area contributed by atoms with Crippen LogP contribution in [0.2, 0.25) is 0 Å². The minimum atomic E-state index is 0.115. The highest BCUT2D eigenvalue weighted by Gasteiger charge is 2.19. The van der Waals surface area contributed by atoms with Crippen LogP contribution >= 0.6 is 11.8 Å². The third-order valence-electron chi connectivity index (χ3n) is 4.31. The van der Waals surface area contributed by atoms with Crippen molar-refractivity contribution in [3.05, 3.63) is 35.7 Å². The summed E-state index contributed by atoms with van der Waals surface area (Å²) in [6.07, 6.45) is 2.18. The number of nitrogens with zero attached hydrogens (tertiary/aromatic N) is 3. The van der Waals surface area contributed by atoms with E-state index in [-0.39, 0.29) is 17.9 Å². The van der Waals surface area contributed by atoms with Crippen molar-refractivity contribution in [2.45, 2.75) is 50.9 Å². The van der Waals surface area contributed by atoms with Gasteiger partial charge in [-0.2, -0.15) is 0 Å². The number of carbonyl (C=O) groups excluding carboxylic acids is 1. The van der Waals surface area contributed by atoms with E-state index >= 15 is 0 Å². The molecule has 1 aromatic heterocycles. The number of carbonyl (C=O) groups is 1. The van der Waals surface area contributed by atoms with Crippen LogP contribution in [0.5, 0.6) is 5.75 Å². The molecule has 1 aromatic carbocycles. The first kappa shape index (κ1) is 18.8. The first-order valence-corrected chi connectivity index (χ1v) is 9.87. The van der Waals surface area contributed by atoms with Crippen LogP contribution in [-0.2, 0) is 16.8 Å². The van der Waals surface area contributed by atoms with Gasteiger partial charge in [0.05, 0.1) is 5.75 Å². The van der Waals surface area contributed by atoms with Gasteiger partial charge in [-0.05, 0) is 36.0 Å². The minimum Gasteiger partial charge on any atom is -0.484 e. The van der Waals surface area contributed by atoms with Crippen LogP contribution in [0.1, 0.15) is 45.1 Å². The number of hydrogen-bond acceptors (Lipinski definition) is 6. The molecular formula is C19H25N3O3S. The van der Waals surface area contributed by atoms with Gasteiger partial charge in [-0.15, -0.1) is 10.2 Å². The zero-order chi connectivity index (χ0) is 18.6. The smallest absolute Gasteiger partial charge is 0.277 e. The van der Waals surface area contributed by atoms with Crippen molar-refractivity contribution in [3.63, 3.8) is 0 Å². The van der Waals surface area contributed by atoms with Crippen molar-refractivity contribution in [3.8, 4) is 5.75 Å². The second-order valence-electron chi connectivity index (χ2n) is 7.40. The fraction of sp³-hybridized carbons (Fsp3) is 0.526. The maximum absolute atomic E-state index is 12.0. The maximum atomic E-state index is 12.0. The number of hydrogen-bond donors (Lipinski definition) is 0. The molecule has 1 aliphatic heterocycles. The Kier molecular flexibility index (Phi) is 5.86. The number of aromatic nitrogens is 2. The molecule has 0 aliphatic carbocycles. The van der Waals surface area contributed by atoms with E-state index in [4.69, 9.17) is 9.15 Å². The molecule has 0 spiro atoms. The van der Waals surface area contributed by atoms with Gasteiger partial charge in [0.1, 0.15) is 5.75 Å². The highest BCUT2D eigenvalue weighted by atomic mass is 32.2. The summed E-state index contributed by atoms with van der Waals surface area (Å²) in [4.78, 5) is 13.9. The molecule has 1 amide bonds. The molecule has 0 saturated carbocycles. The molecule has 1 fully saturated rings. The zero-order valence-corrected chi connectivity index (χ0v) is 16.3. The Morgan fingerprint density at radius 3 is 2.54 bits per heavy atom. The average Bonchev–Trinajstić information content (AvgIpc) is 3.29. The number of ether oxygens (including phenoxy) is 1. The summed E-state index contributed by atoms with van der Waals surface area (Å²) >= 11 is 1.28. The van der Waals surface area contributed by atoms with Crippen LogP contribution in [0.3, 0.4) is 0 Å². The van der Waals surface area contributed by atoms with Gasteiger partial charge < -0.3 is 14.1 Å². The lowest BCUT2D eigenvalue weighted by atomic mass is 9.87. The fourth-order valence-electron chi connectivity index (χ4n) is 2.73. The van der Waals surface area contributed by atoms with Crippen molar-refractivity contribution >= 4 is 17.7 Å². The summed E-state index contributed by atoms with van der Waals surface area (Å²) in [7, 11) is 0. The molecule has 0 unspecified atom stereocenters. The van der Waals surface area contributed by atoms with Crippen molar-refractivity contribution in [1.29, 1.82) is 0 Å². The quantitative estimate of drug-likeness (QED) is 0.718. The van der Waals surface area contributed by atoms with Gasteiger partial charge in [-0.1, -0.05) is 44.7 Å². The summed E-state index contributed by atoms with van der Waals surface area (Å²) < 4.78 is 11.2. The summed E-state index contributed by atoms with van der Waals surface area (Å²) in [5.41, 5.74) is 1.37. The summed E-state index contributed by atoms with van der Waals surface area (Å²) in [6, 6.07) is 8.02. The van der Waals surface area contributed by atoms with E-state index < -0.39 is 0 Å². The molecule has 0 radical (unpaired) electrons. The van der Waals surface area contributed by atoms with Crippen LogP contribution in [0.15, 0.2) is 33.9 Å². The Labute approximate surface area is 158 Å². The first-order valence-electron chi connectivity index (χ1n) is 8.88. The van der Waals surface area contributed by atoms with Crippen LogP contribution in [0, 0.1) is 0 Å². The molecule has 26 heavy (non-hydrogen) atoms. The van der Waals surface area contributed by atoms with E-state index in [2.05, 4.69) is 43.1 Å². The number of rotatable bonds is 6. The molecule has 2 aromatic rings. The molecule has 0 atom stereocenters. The Bertz CT molecular complexity index is 731. The molecule has 1 saturated heterocycles. The number of likely N-dealkylation sites (tertiary alicyclic amines) is 1.